The molecule has 0 spiro atoms. The SMILES string of the molecule is COc1cc(C(C)N2CCC(N)CC2C)ccc1O. The summed E-state index contributed by atoms with van der Waals surface area (Å²) in [5, 5.41) is 9.66. The first-order valence-corrected chi connectivity index (χ1v) is 6.91. The molecule has 3 atom stereocenters. The van der Waals surface area contributed by atoms with E-state index < -0.39 is 0 Å². The molecular formula is C15H24N2O2. The Bertz CT molecular complexity index is 436. The lowest BCUT2D eigenvalue weighted by Gasteiger charge is -2.40. The minimum absolute atomic E-state index is 0.187. The highest BCUT2D eigenvalue weighted by Gasteiger charge is 2.27. The molecule has 0 saturated carbocycles. The summed E-state index contributed by atoms with van der Waals surface area (Å²) in [4.78, 5) is 2.47. The van der Waals surface area contributed by atoms with Crippen molar-refractivity contribution in [3.63, 3.8) is 0 Å². The zero-order valence-corrected chi connectivity index (χ0v) is 12.0. The molecule has 3 unspecified atom stereocenters. The van der Waals surface area contributed by atoms with E-state index in [9.17, 15) is 5.11 Å². The molecule has 2 rings (SSSR count). The van der Waals surface area contributed by atoms with Crippen LogP contribution in [0.1, 0.15) is 38.3 Å². The van der Waals surface area contributed by atoms with Crippen molar-refractivity contribution in [3.05, 3.63) is 23.8 Å². The second-order valence-corrected chi connectivity index (χ2v) is 5.48. The van der Waals surface area contributed by atoms with E-state index in [4.69, 9.17) is 10.5 Å². The summed E-state index contributed by atoms with van der Waals surface area (Å²) in [6.07, 6.45) is 2.09. The molecule has 1 aromatic rings. The van der Waals surface area contributed by atoms with Gasteiger partial charge in [0.15, 0.2) is 11.5 Å². The largest absolute Gasteiger partial charge is 0.504 e. The molecule has 4 heteroatoms. The molecule has 0 amide bonds. The highest BCUT2D eigenvalue weighted by molar-refractivity contribution is 5.42. The number of phenols is 1. The van der Waals surface area contributed by atoms with Gasteiger partial charge in [-0.1, -0.05) is 6.07 Å². The Kier molecular flexibility index (Phi) is 4.32. The molecule has 1 saturated heterocycles. The molecule has 1 heterocycles. The topological polar surface area (TPSA) is 58.7 Å². The fraction of sp³-hybridized carbons (Fsp3) is 0.600. The Balaban J connectivity index is 2.17. The van der Waals surface area contributed by atoms with Gasteiger partial charge in [-0.25, -0.2) is 0 Å². The molecule has 1 aliphatic heterocycles. The molecule has 4 nitrogen and oxygen atoms in total. The number of hydrogen-bond donors (Lipinski definition) is 2. The average Bonchev–Trinajstić information content (AvgIpc) is 2.38. The number of benzene rings is 1. The predicted octanol–water partition coefficient (Wildman–Crippen LogP) is 2.27. The Hall–Kier alpha value is -1.26. The fourth-order valence-corrected chi connectivity index (χ4v) is 2.95. The third kappa shape index (κ3) is 3.01. The summed E-state index contributed by atoms with van der Waals surface area (Å²) < 4.78 is 5.18. The smallest absolute Gasteiger partial charge is 0.160 e. The highest BCUT2D eigenvalue weighted by atomic mass is 16.5. The van der Waals surface area contributed by atoms with Gasteiger partial charge in [0.05, 0.1) is 7.11 Å². The first-order chi connectivity index (χ1) is 9.02. The normalized spacial score (nSPS) is 26.1. The van der Waals surface area contributed by atoms with Gasteiger partial charge in [0.1, 0.15) is 0 Å². The number of piperidine rings is 1. The minimum Gasteiger partial charge on any atom is -0.504 e. The van der Waals surface area contributed by atoms with Gasteiger partial charge in [0.25, 0.3) is 0 Å². The van der Waals surface area contributed by atoms with Crippen molar-refractivity contribution in [2.24, 2.45) is 5.73 Å². The van der Waals surface area contributed by atoms with E-state index in [0.29, 0.717) is 23.9 Å². The summed E-state index contributed by atoms with van der Waals surface area (Å²) in [6.45, 7) is 5.44. The number of hydrogen-bond acceptors (Lipinski definition) is 4. The molecule has 0 bridgehead atoms. The number of aromatic hydroxyl groups is 1. The fourth-order valence-electron chi connectivity index (χ4n) is 2.95. The van der Waals surface area contributed by atoms with E-state index in [1.54, 1.807) is 13.2 Å². The Morgan fingerprint density at radius 2 is 2.21 bits per heavy atom. The number of phenolic OH excluding ortho intramolecular Hbond substituents is 1. The molecular weight excluding hydrogens is 240 g/mol. The Morgan fingerprint density at radius 1 is 1.47 bits per heavy atom. The second kappa shape index (κ2) is 5.80. The number of rotatable bonds is 3. The van der Waals surface area contributed by atoms with Crippen LogP contribution in [0.3, 0.4) is 0 Å². The molecule has 0 aromatic heterocycles. The number of likely N-dealkylation sites (tertiary alicyclic amines) is 1. The summed E-state index contributed by atoms with van der Waals surface area (Å²) in [7, 11) is 1.58. The number of nitrogens with zero attached hydrogens (tertiary/aromatic N) is 1. The molecule has 0 radical (unpaired) electrons. The van der Waals surface area contributed by atoms with Crippen LogP contribution >= 0.6 is 0 Å². The van der Waals surface area contributed by atoms with Crippen molar-refractivity contribution in [1.82, 2.24) is 4.90 Å². The van der Waals surface area contributed by atoms with Gasteiger partial charge in [0, 0.05) is 24.7 Å². The van der Waals surface area contributed by atoms with Gasteiger partial charge in [-0.3, -0.25) is 4.90 Å². The van der Waals surface area contributed by atoms with Crippen molar-refractivity contribution in [3.8, 4) is 11.5 Å². The van der Waals surface area contributed by atoms with Crippen LogP contribution in [0.25, 0.3) is 0 Å². The number of methoxy groups -OCH3 is 1. The minimum atomic E-state index is 0.187. The first-order valence-electron chi connectivity index (χ1n) is 6.91. The van der Waals surface area contributed by atoms with E-state index in [1.807, 2.05) is 12.1 Å². The van der Waals surface area contributed by atoms with Crippen LogP contribution in [0.15, 0.2) is 18.2 Å². The third-order valence-electron chi connectivity index (χ3n) is 4.15. The number of nitrogens with two attached hydrogens (primary N) is 1. The summed E-state index contributed by atoms with van der Waals surface area (Å²) in [5.41, 5.74) is 7.18. The molecule has 3 N–H and O–H groups in total. The standard InChI is InChI=1S/C15H24N2O2/c1-10-8-13(16)6-7-17(10)11(2)12-4-5-14(18)15(9-12)19-3/h4-5,9-11,13,18H,6-8,16H2,1-3H3. The predicted molar refractivity (Wildman–Crippen MR) is 76.5 cm³/mol. The van der Waals surface area contributed by atoms with Crippen molar-refractivity contribution < 1.29 is 9.84 Å². The van der Waals surface area contributed by atoms with Crippen molar-refractivity contribution in [1.29, 1.82) is 0 Å². The van der Waals surface area contributed by atoms with Crippen molar-refractivity contribution >= 4 is 0 Å². The molecule has 0 aliphatic carbocycles. The van der Waals surface area contributed by atoms with Crippen LogP contribution in [0.2, 0.25) is 0 Å². The van der Waals surface area contributed by atoms with Crippen LogP contribution in [-0.2, 0) is 0 Å². The van der Waals surface area contributed by atoms with Crippen molar-refractivity contribution in [2.75, 3.05) is 13.7 Å². The van der Waals surface area contributed by atoms with Crippen LogP contribution in [0.5, 0.6) is 11.5 Å². The molecule has 1 aromatic carbocycles. The number of ether oxygens (including phenoxy) is 1. The Morgan fingerprint density at radius 3 is 2.84 bits per heavy atom. The highest BCUT2D eigenvalue weighted by Crippen LogP contribution is 2.33. The van der Waals surface area contributed by atoms with Gasteiger partial charge in [-0.05, 0) is 44.4 Å². The van der Waals surface area contributed by atoms with E-state index in [2.05, 4.69) is 18.7 Å². The summed E-state index contributed by atoms with van der Waals surface area (Å²) in [5.74, 6) is 0.720. The van der Waals surface area contributed by atoms with Crippen LogP contribution < -0.4 is 10.5 Å². The average molecular weight is 264 g/mol. The maximum Gasteiger partial charge on any atom is 0.160 e. The van der Waals surface area contributed by atoms with Gasteiger partial charge >= 0.3 is 0 Å². The zero-order valence-electron chi connectivity index (χ0n) is 12.0. The molecule has 1 fully saturated rings. The zero-order chi connectivity index (χ0) is 14.0. The summed E-state index contributed by atoms with van der Waals surface area (Å²) in [6, 6.07) is 6.69. The monoisotopic (exact) mass is 264 g/mol. The third-order valence-corrected chi connectivity index (χ3v) is 4.15. The summed E-state index contributed by atoms with van der Waals surface area (Å²) >= 11 is 0. The van der Waals surface area contributed by atoms with Crippen LogP contribution in [-0.4, -0.2) is 35.7 Å². The van der Waals surface area contributed by atoms with E-state index in [-0.39, 0.29) is 5.75 Å². The first kappa shape index (κ1) is 14.2. The van der Waals surface area contributed by atoms with Gasteiger partial charge in [0.2, 0.25) is 0 Å². The maximum atomic E-state index is 9.66. The van der Waals surface area contributed by atoms with Crippen molar-refractivity contribution in [2.45, 2.75) is 44.8 Å². The lowest BCUT2D eigenvalue weighted by molar-refractivity contribution is 0.104. The van der Waals surface area contributed by atoms with E-state index in [1.165, 1.54) is 0 Å². The Labute approximate surface area is 115 Å². The second-order valence-electron chi connectivity index (χ2n) is 5.48. The molecule has 19 heavy (non-hydrogen) atoms. The molecule has 106 valence electrons. The maximum absolute atomic E-state index is 9.66. The lowest BCUT2D eigenvalue weighted by atomic mass is 9.95. The lowest BCUT2D eigenvalue weighted by Crippen LogP contribution is -2.46. The van der Waals surface area contributed by atoms with Gasteiger partial charge in [-0.15, -0.1) is 0 Å². The molecule has 1 aliphatic rings. The van der Waals surface area contributed by atoms with Crippen LogP contribution in [0, 0.1) is 0 Å². The van der Waals surface area contributed by atoms with E-state index >= 15 is 0 Å². The van der Waals surface area contributed by atoms with Gasteiger partial charge < -0.3 is 15.6 Å². The van der Waals surface area contributed by atoms with Gasteiger partial charge in [-0.2, -0.15) is 0 Å². The quantitative estimate of drug-likeness (QED) is 0.879. The van der Waals surface area contributed by atoms with Crippen LogP contribution in [0.4, 0.5) is 0 Å². The van der Waals surface area contributed by atoms with E-state index in [0.717, 1.165) is 24.9 Å².